The Morgan fingerprint density at radius 2 is 2.14 bits per heavy atom. The van der Waals surface area contributed by atoms with Crippen molar-refractivity contribution in [2.75, 3.05) is 6.54 Å². The van der Waals surface area contributed by atoms with Gasteiger partial charge < -0.3 is 16.0 Å². The number of amides is 1. The minimum Gasteiger partial charge on any atom is -0.350 e. The average Bonchev–Trinajstić information content (AvgIpc) is 3.28. The lowest BCUT2D eigenvalue weighted by molar-refractivity contribution is 0.0952. The molecule has 7 heteroatoms. The van der Waals surface area contributed by atoms with Crippen LogP contribution in [0.15, 0.2) is 33.5 Å². The molecule has 118 valence electrons. The molecule has 1 fully saturated rings. The Morgan fingerprint density at radius 3 is 2.82 bits per heavy atom. The summed E-state index contributed by atoms with van der Waals surface area (Å²) in [6, 6.07) is 6.73. The van der Waals surface area contributed by atoms with Crippen LogP contribution in [0, 0.1) is 5.92 Å². The van der Waals surface area contributed by atoms with Crippen molar-refractivity contribution in [3.63, 3.8) is 0 Å². The molecule has 22 heavy (non-hydrogen) atoms. The molecule has 5 nitrogen and oxygen atoms in total. The number of hydrogen-bond acceptors (Lipinski definition) is 3. The molecule has 1 aliphatic rings. The number of nitrogens with two attached hydrogens (primary N) is 1. The van der Waals surface area contributed by atoms with Gasteiger partial charge in [0.15, 0.2) is 0 Å². The number of aromatic amines is 1. The van der Waals surface area contributed by atoms with E-state index in [1.54, 1.807) is 6.07 Å². The molecule has 1 amide bonds. The Bertz CT molecular complexity index is 758. The van der Waals surface area contributed by atoms with Gasteiger partial charge >= 0.3 is 0 Å². The summed E-state index contributed by atoms with van der Waals surface area (Å²) in [6.07, 6.45) is 2.27. The summed E-state index contributed by atoms with van der Waals surface area (Å²) in [5, 5.41) is 3.54. The van der Waals surface area contributed by atoms with Gasteiger partial charge in [0.1, 0.15) is 0 Å². The van der Waals surface area contributed by atoms with Gasteiger partial charge in [-0.05, 0) is 37.0 Å². The molecule has 3 rings (SSSR count). The van der Waals surface area contributed by atoms with Crippen molar-refractivity contribution in [2.24, 2.45) is 11.7 Å². The van der Waals surface area contributed by atoms with Crippen molar-refractivity contribution in [2.45, 2.75) is 18.9 Å². The number of hydrogen-bond donors (Lipinski definition) is 3. The molecule has 1 aliphatic carbocycles. The second-order valence-corrected chi connectivity index (χ2v) is 6.36. The molecule has 4 N–H and O–H groups in total. The first-order chi connectivity index (χ1) is 10.0. The Labute approximate surface area is 142 Å². The van der Waals surface area contributed by atoms with E-state index in [1.165, 1.54) is 6.07 Å². The van der Waals surface area contributed by atoms with E-state index in [-0.39, 0.29) is 29.9 Å². The number of aromatic nitrogens is 1. The van der Waals surface area contributed by atoms with Crippen LogP contribution in [0.2, 0.25) is 0 Å². The van der Waals surface area contributed by atoms with Crippen LogP contribution in [0.25, 0.3) is 10.9 Å². The molecule has 1 aromatic heterocycles. The van der Waals surface area contributed by atoms with Crippen molar-refractivity contribution in [3.05, 3.63) is 44.7 Å². The van der Waals surface area contributed by atoms with Crippen molar-refractivity contribution < 1.29 is 4.79 Å². The Hall–Kier alpha value is -1.37. The zero-order valence-electron chi connectivity index (χ0n) is 11.8. The zero-order valence-corrected chi connectivity index (χ0v) is 14.2. The minimum atomic E-state index is -0.290. The molecule has 0 radical (unpaired) electrons. The van der Waals surface area contributed by atoms with Crippen LogP contribution in [0.4, 0.5) is 0 Å². The lowest BCUT2D eigenvalue weighted by Gasteiger charge is -2.12. The molecule has 0 saturated heterocycles. The van der Waals surface area contributed by atoms with E-state index in [4.69, 9.17) is 5.73 Å². The van der Waals surface area contributed by atoms with Crippen LogP contribution in [-0.4, -0.2) is 23.5 Å². The smallest absolute Gasteiger partial charge is 0.252 e. The second kappa shape index (κ2) is 6.81. The first kappa shape index (κ1) is 17.0. The first-order valence-corrected chi connectivity index (χ1v) is 7.70. The monoisotopic (exact) mass is 385 g/mol. The van der Waals surface area contributed by atoms with Gasteiger partial charge in [-0.3, -0.25) is 9.59 Å². The number of carbonyl (C=O) groups excluding carboxylic acids is 1. The highest BCUT2D eigenvalue weighted by atomic mass is 79.9. The maximum absolute atomic E-state index is 12.3. The molecule has 1 atom stereocenters. The van der Waals surface area contributed by atoms with E-state index >= 15 is 0 Å². The SMILES string of the molecule is Cl.NC(CNC(=O)c1cc(=O)[nH]c2ccc(Br)cc12)C1CC1. The molecular formula is C15H17BrClN3O2. The van der Waals surface area contributed by atoms with Crippen molar-refractivity contribution in [1.29, 1.82) is 0 Å². The molecule has 1 heterocycles. The van der Waals surface area contributed by atoms with Crippen molar-refractivity contribution >= 4 is 45.1 Å². The number of carbonyl (C=O) groups is 1. The van der Waals surface area contributed by atoms with Gasteiger partial charge in [0.25, 0.3) is 5.91 Å². The van der Waals surface area contributed by atoms with Crippen LogP contribution in [0.1, 0.15) is 23.2 Å². The van der Waals surface area contributed by atoms with Gasteiger partial charge in [-0.1, -0.05) is 15.9 Å². The number of fused-ring (bicyclic) bond motifs is 1. The Balaban J connectivity index is 0.00000176. The van der Waals surface area contributed by atoms with E-state index in [1.807, 2.05) is 12.1 Å². The van der Waals surface area contributed by atoms with Crippen molar-refractivity contribution in [3.8, 4) is 0 Å². The quantitative estimate of drug-likeness (QED) is 0.752. The molecule has 0 aliphatic heterocycles. The highest BCUT2D eigenvalue weighted by Crippen LogP contribution is 2.31. The fourth-order valence-corrected chi connectivity index (χ4v) is 2.77. The van der Waals surface area contributed by atoms with E-state index in [0.717, 1.165) is 17.3 Å². The van der Waals surface area contributed by atoms with Gasteiger partial charge in [0.05, 0.1) is 5.56 Å². The summed E-state index contributed by atoms with van der Waals surface area (Å²) in [6.45, 7) is 0.436. The molecule has 0 bridgehead atoms. The number of pyridine rings is 1. The fraction of sp³-hybridized carbons (Fsp3) is 0.333. The predicted octanol–water partition coefficient (Wildman–Crippen LogP) is 2.18. The summed E-state index contributed by atoms with van der Waals surface area (Å²) in [4.78, 5) is 26.7. The number of halogens is 2. The highest BCUT2D eigenvalue weighted by Gasteiger charge is 2.28. The average molecular weight is 387 g/mol. The maximum atomic E-state index is 12.3. The number of nitrogens with one attached hydrogen (secondary N) is 2. The fourth-order valence-electron chi connectivity index (χ4n) is 2.41. The molecule has 0 spiro atoms. The molecule has 2 aromatic rings. The molecule has 1 saturated carbocycles. The number of H-pyrrole nitrogens is 1. The maximum Gasteiger partial charge on any atom is 0.252 e. The summed E-state index contributed by atoms with van der Waals surface area (Å²) in [5.74, 6) is 0.260. The van der Waals surface area contributed by atoms with Gasteiger partial charge in [-0.15, -0.1) is 12.4 Å². The first-order valence-electron chi connectivity index (χ1n) is 6.91. The number of benzene rings is 1. The third kappa shape index (κ3) is 3.69. The molecular weight excluding hydrogens is 370 g/mol. The van der Waals surface area contributed by atoms with Gasteiger partial charge in [0, 0.05) is 34.0 Å². The summed E-state index contributed by atoms with van der Waals surface area (Å²) < 4.78 is 0.853. The number of rotatable bonds is 4. The van der Waals surface area contributed by atoms with Crippen LogP contribution in [0.3, 0.4) is 0 Å². The van der Waals surface area contributed by atoms with Gasteiger partial charge in [-0.2, -0.15) is 0 Å². The summed E-state index contributed by atoms with van der Waals surface area (Å²) in [7, 11) is 0. The van der Waals surface area contributed by atoms with E-state index in [2.05, 4.69) is 26.2 Å². The van der Waals surface area contributed by atoms with Gasteiger partial charge in [0.2, 0.25) is 5.56 Å². The van der Waals surface area contributed by atoms with Crippen LogP contribution >= 0.6 is 28.3 Å². The highest BCUT2D eigenvalue weighted by molar-refractivity contribution is 9.10. The summed E-state index contributed by atoms with van der Waals surface area (Å²) in [5.41, 5.74) is 6.71. The lowest BCUT2D eigenvalue weighted by Crippen LogP contribution is -2.38. The normalized spacial score (nSPS) is 15.2. The Morgan fingerprint density at radius 1 is 1.41 bits per heavy atom. The zero-order chi connectivity index (χ0) is 15.0. The van der Waals surface area contributed by atoms with Crippen LogP contribution in [0.5, 0.6) is 0 Å². The van der Waals surface area contributed by atoms with Crippen LogP contribution < -0.4 is 16.6 Å². The predicted molar refractivity (Wildman–Crippen MR) is 92.5 cm³/mol. The van der Waals surface area contributed by atoms with E-state index < -0.39 is 0 Å². The van der Waals surface area contributed by atoms with E-state index in [0.29, 0.717) is 28.9 Å². The topological polar surface area (TPSA) is 88.0 Å². The third-order valence-corrected chi connectivity index (χ3v) is 4.27. The van der Waals surface area contributed by atoms with Crippen molar-refractivity contribution in [1.82, 2.24) is 10.3 Å². The largest absolute Gasteiger partial charge is 0.350 e. The third-order valence-electron chi connectivity index (χ3n) is 3.78. The van der Waals surface area contributed by atoms with Crippen LogP contribution in [-0.2, 0) is 0 Å². The molecule has 1 unspecified atom stereocenters. The standard InChI is InChI=1S/C15H16BrN3O2.ClH/c16-9-3-4-13-10(5-9)11(6-14(20)19-13)15(21)18-7-12(17)8-1-2-8;/h3-6,8,12H,1-2,7,17H2,(H,18,21)(H,19,20);1H. The summed E-state index contributed by atoms with van der Waals surface area (Å²) >= 11 is 3.38. The minimum absolute atomic E-state index is 0. The lowest BCUT2D eigenvalue weighted by atomic mass is 10.1. The Kier molecular flexibility index (Phi) is 5.26. The molecule has 1 aromatic carbocycles. The van der Waals surface area contributed by atoms with E-state index in [9.17, 15) is 9.59 Å². The van der Waals surface area contributed by atoms with Gasteiger partial charge in [-0.25, -0.2) is 0 Å². The second-order valence-electron chi connectivity index (χ2n) is 5.45.